The van der Waals surface area contributed by atoms with Gasteiger partial charge in [0, 0.05) is 12.6 Å². The molecule has 1 rings (SSSR count). The molecule has 0 N–H and O–H groups in total. The topological polar surface area (TPSA) is 3.24 Å². The fourth-order valence-electron chi connectivity index (χ4n) is 2.21. The fourth-order valence-corrected chi connectivity index (χ4v) is 2.21. The SMILES string of the molecule is CCCCCCN(CF)c1cc(F)c(F)c(C(F)(F)C(F)(F)F)c1F. The predicted molar refractivity (Wildman–Crippen MR) is 73.7 cm³/mol. The Bertz CT molecular complexity index is 583. The largest absolute Gasteiger partial charge is 0.458 e. The van der Waals surface area contributed by atoms with E-state index in [2.05, 4.69) is 0 Å². The molecule has 0 bridgehead atoms. The van der Waals surface area contributed by atoms with E-state index in [1.807, 2.05) is 6.92 Å². The van der Waals surface area contributed by atoms with Gasteiger partial charge in [0.05, 0.1) is 5.69 Å². The number of hydrogen-bond donors (Lipinski definition) is 0. The Kier molecular flexibility index (Phi) is 7.01. The van der Waals surface area contributed by atoms with E-state index in [9.17, 15) is 39.5 Å². The van der Waals surface area contributed by atoms with E-state index in [0.717, 1.165) is 12.8 Å². The number of unbranched alkanes of at least 4 members (excludes halogenated alkanes) is 3. The monoisotopic (exact) mass is 381 g/mol. The second-order valence-electron chi connectivity index (χ2n) is 5.40. The van der Waals surface area contributed by atoms with E-state index in [0.29, 0.717) is 11.3 Å². The first kappa shape index (κ1) is 21.4. The molecular formula is C15H16F9N. The van der Waals surface area contributed by atoms with Gasteiger partial charge in [-0.3, -0.25) is 0 Å². The zero-order valence-electron chi connectivity index (χ0n) is 13.2. The third-order valence-electron chi connectivity index (χ3n) is 3.57. The summed E-state index contributed by atoms with van der Waals surface area (Å²) in [5, 5.41) is 0. The van der Waals surface area contributed by atoms with Crippen LogP contribution in [0.15, 0.2) is 6.07 Å². The lowest BCUT2D eigenvalue weighted by molar-refractivity contribution is -0.291. The highest BCUT2D eigenvalue weighted by Gasteiger charge is 2.62. The van der Waals surface area contributed by atoms with Gasteiger partial charge in [-0.1, -0.05) is 26.2 Å². The van der Waals surface area contributed by atoms with E-state index in [-0.39, 0.29) is 19.0 Å². The molecule has 144 valence electrons. The summed E-state index contributed by atoms with van der Waals surface area (Å²) in [7, 11) is 0. The van der Waals surface area contributed by atoms with Gasteiger partial charge in [-0.15, -0.1) is 0 Å². The third kappa shape index (κ3) is 4.52. The molecule has 0 aliphatic rings. The van der Waals surface area contributed by atoms with Gasteiger partial charge in [0.1, 0.15) is 5.56 Å². The quantitative estimate of drug-likeness (QED) is 0.229. The molecule has 0 heterocycles. The first-order valence-corrected chi connectivity index (χ1v) is 7.42. The van der Waals surface area contributed by atoms with Gasteiger partial charge >= 0.3 is 12.1 Å². The number of rotatable bonds is 8. The van der Waals surface area contributed by atoms with Crippen molar-refractivity contribution in [2.24, 2.45) is 0 Å². The number of alkyl halides is 6. The van der Waals surface area contributed by atoms with Crippen molar-refractivity contribution in [3.05, 3.63) is 29.1 Å². The van der Waals surface area contributed by atoms with Gasteiger partial charge in [-0.05, 0) is 6.42 Å². The zero-order valence-corrected chi connectivity index (χ0v) is 13.2. The molecule has 10 heteroatoms. The molecule has 0 amide bonds. The lowest BCUT2D eigenvalue weighted by Crippen LogP contribution is -2.37. The molecule has 0 saturated carbocycles. The first-order chi connectivity index (χ1) is 11.5. The van der Waals surface area contributed by atoms with Crippen molar-refractivity contribution >= 4 is 5.69 Å². The number of hydrogen-bond acceptors (Lipinski definition) is 1. The summed E-state index contributed by atoms with van der Waals surface area (Å²) < 4.78 is 118. The minimum Gasteiger partial charge on any atom is -0.342 e. The van der Waals surface area contributed by atoms with Crippen LogP contribution in [0.5, 0.6) is 0 Å². The molecule has 25 heavy (non-hydrogen) atoms. The second-order valence-corrected chi connectivity index (χ2v) is 5.40. The highest BCUT2D eigenvalue weighted by Crippen LogP contribution is 2.47. The standard InChI is InChI=1S/C15H16F9N/c1-2-3-4-5-6-25(8-16)10-7-9(17)12(18)11(13(10)19)14(20,21)15(22,23)24/h7H,2-6,8H2,1H3. The minimum atomic E-state index is -6.35. The Hall–Kier alpha value is -1.61. The number of benzene rings is 1. The summed E-state index contributed by atoms with van der Waals surface area (Å²) in [6.45, 7) is 0.147. The highest BCUT2D eigenvalue weighted by atomic mass is 19.4. The molecule has 1 aromatic carbocycles. The maximum absolute atomic E-state index is 14.2. The summed E-state index contributed by atoms with van der Waals surface area (Å²) in [6.07, 6.45) is -3.98. The lowest BCUT2D eigenvalue weighted by Gasteiger charge is -2.26. The van der Waals surface area contributed by atoms with Crippen molar-refractivity contribution in [2.75, 3.05) is 18.2 Å². The lowest BCUT2D eigenvalue weighted by atomic mass is 10.0. The summed E-state index contributed by atoms with van der Waals surface area (Å²) in [5.41, 5.74) is -3.96. The van der Waals surface area contributed by atoms with Crippen LogP contribution in [-0.4, -0.2) is 19.5 Å². The number of anilines is 1. The molecule has 0 radical (unpaired) electrons. The van der Waals surface area contributed by atoms with Crippen LogP contribution in [0.2, 0.25) is 0 Å². The molecule has 0 saturated heterocycles. The van der Waals surface area contributed by atoms with Crippen LogP contribution in [0, 0.1) is 17.5 Å². The second kappa shape index (κ2) is 8.18. The van der Waals surface area contributed by atoms with Gasteiger partial charge in [-0.25, -0.2) is 17.6 Å². The van der Waals surface area contributed by atoms with Crippen molar-refractivity contribution in [3.8, 4) is 0 Å². The molecule has 0 fully saturated rings. The van der Waals surface area contributed by atoms with Crippen LogP contribution < -0.4 is 4.90 Å². The molecule has 0 atom stereocenters. The summed E-state index contributed by atoms with van der Waals surface area (Å²) in [5.74, 6) is -13.1. The number of halogens is 9. The summed E-state index contributed by atoms with van der Waals surface area (Å²) in [4.78, 5) is 0.448. The Morgan fingerprint density at radius 2 is 1.52 bits per heavy atom. The smallest absolute Gasteiger partial charge is 0.342 e. The van der Waals surface area contributed by atoms with E-state index >= 15 is 0 Å². The van der Waals surface area contributed by atoms with Crippen molar-refractivity contribution in [1.29, 1.82) is 0 Å². The Balaban J connectivity index is 3.35. The van der Waals surface area contributed by atoms with Crippen LogP contribution in [0.1, 0.15) is 38.2 Å². The molecule has 0 aliphatic heterocycles. The maximum Gasteiger partial charge on any atom is 0.458 e. The molecule has 1 nitrogen and oxygen atoms in total. The maximum atomic E-state index is 14.2. The van der Waals surface area contributed by atoms with Gasteiger partial charge in [-0.2, -0.15) is 22.0 Å². The van der Waals surface area contributed by atoms with E-state index in [4.69, 9.17) is 0 Å². The minimum absolute atomic E-state index is 0.0695. The van der Waals surface area contributed by atoms with Crippen LogP contribution in [0.4, 0.5) is 45.2 Å². The number of nitrogens with zero attached hydrogens (tertiary/aromatic N) is 1. The van der Waals surface area contributed by atoms with Crippen molar-refractivity contribution in [2.45, 2.75) is 44.7 Å². The van der Waals surface area contributed by atoms with Crippen molar-refractivity contribution in [1.82, 2.24) is 0 Å². The normalized spacial score (nSPS) is 12.6. The Labute approximate surface area is 138 Å². The molecule has 0 unspecified atom stereocenters. The van der Waals surface area contributed by atoms with Crippen LogP contribution in [0.25, 0.3) is 0 Å². The highest BCUT2D eigenvalue weighted by molar-refractivity contribution is 5.52. The van der Waals surface area contributed by atoms with E-state index in [1.54, 1.807) is 0 Å². The molecule has 0 aromatic heterocycles. The van der Waals surface area contributed by atoms with Crippen molar-refractivity contribution < 1.29 is 39.5 Å². The van der Waals surface area contributed by atoms with Crippen LogP contribution in [0.3, 0.4) is 0 Å². The van der Waals surface area contributed by atoms with E-state index < -0.39 is 47.6 Å². The van der Waals surface area contributed by atoms with Gasteiger partial charge < -0.3 is 4.90 Å². The molecular weight excluding hydrogens is 365 g/mol. The summed E-state index contributed by atoms with van der Waals surface area (Å²) >= 11 is 0. The average molecular weight is 381 g/mol. The van der Waals surface area contributed by atoms with Gasteiger partial charge in [0.25, 0.3) is 0 Å². The van der Waals surface area contributed by atoms with Crippen molar-refractivity contribution in [3.63, 3.8) is 0 Å². The van der Waals surface area contributed by atoms with Crippen LogP contribution >= 0.6 is 0 Å². The Morgan fingerprint density at radius 1 is 0.920 bits per heavy atom. The molecule has 0 spiro atoms. The molecule has 1 aromatic rings. The van der Waals surface area contributed by atoms with Gasteiger partial charge in [0.2, 0.25) is 0 Å². The van der Waals surface area contributed by atoms with Crippen LogP contribution in [-0.2, 0) is 5.92 Å². The average Bonchev–Trinajstić information content (AvgIpc) is 2.50. The van der Waals surface area contributed by atoms with Gasteiger partial charge in [0.15, 0.2) is 24.3 Å². The zero-order chi connectivity index (χ0) is 19.4. The fraction of sp³-hybridized carbons (Fsp3) is 0.600. The van der Waals surface area contributed by atoms with E-state index in [1.165, 1.54) is 0 Å². The predicted octanol–water partition coefficient (Wildman–Crippen LogP) is 6.07. The first-order valence-electron chi connectivity index (χ1n) is 7.42. The summed E-state index contributed by atoms with van der Waals surface area (Å²) in [6, 6.07) is 0.0695. The molecule has 0 aliphatic carbocycles. The Morgan fingerprint density at radius 3 is 2.00 bits per heavy atom. The third-order valence-corrected chi connectivity index (χ3v) is 3.57.